The van der Waals surface area contributed by atoms with E-state index in [0.29, 0.717) is 44.8 Å². The first-order valence-corrected chi connectivity index (χ1v) is 11.4. The van der Waals surface area contributed by atoms with E-state index in [2.05, 4.69) is 11.2 Å². The molecule has 3 aliphatic rings. The monoisotopic (exact) mass is 485 g/mol. The van der Waals surface area contributed by atoms with Crippen molar-refractivity contribution in [1.29, 1.82) is 5.26 Å². The smallest absolute Gasteiger partial charge is 0.247 e. The molecular formula is C24H21Cl2N3O4. The van der Waals surface area contributed by atoms with E-state index in [0.717, 1.165) is 0 Å². The zero-order valence-electron chi connectivity index (χ0n) is 18.0. The van der Waals surface area contributed by atoms with Crippen molar-refractivity contribution >= 4 is 35.0 Å². The first-order chi connectivity index (χ1) is 15.7. The van der Waals surface area contributed by atoms with Crippen LogP contribution in [0.3, 0.4) is 0 Å². The molecule has 4 atom stereocenters. The minimum Gasteiger partial charge on any atom is -0.485 e. The maximum absolute atomic E-state index is 12.9. The Morgan fingerprint density at radius 3 is 2.70 bits per heavy atom. The lowest BCUT2D eigenvalue weighted by atomic mass is 9.87. The van der Waals surface area contributed by atoms with E-state index in [4.69, 9.17) is 32.7 Å². The molecule has 1 aliphatic carbocycles. The van der Waals surface area contributed by atoms with Crippen molar-refractivity contribution < 1.29 is 19.4 Å². The highest BCUT2D eigenvalue weighted by Crippen LogP contribution is 2.48. The molecule has 33 heavy (non-hydrogen) atoms. The summed E-state index contributed by atoms with van der Waals surface area (Å²) in [6.45, 7) is 3.66. The Morgan fingerprint density at radius 1 is 1.27 bits per heavy atom. The van der Waals surface area contributed by atoms with E-state index in [-0.39, 0.29) is 24.3 Å². The predicted molar refractivity (Wildman–Crippen MR) is 122 cm³/mol. The Hall–Kier alpha value is -2.79. The summed E-state index contributed by atoms with van der Waals surface area (Å²) < 4.78 is 12.2. The number of carbonyl (C=O) groups excluding carboxylic acids is 1. The van der Waals surface area contributed by atoms with E-state index in [9.17, 15) is 15.2 Å². The average Bonchev–Trinajstić information content (AvgIpc) is 3.58. The van der Waals surface area contributed by atoms with Gasteiger partial charge in [-0.2, -0.15) is 5.26 Å². The molecule has 1 N–H and O–H groups in total. The highest BCUT2D eigenvalue weighted by Gasteiger charge is 2.55. The Kier molecular flexibility index (Phi) is 5.28. The van der Waals surface area contributed by atoms with Gasteiger partial charge in [0.15, 0.2) is 6.10 Å². The lowest BCUT2D eigenvalue weighted by Crippen LogP contribution is -2.50. The van der Waals surface area contributed by atoms with Crippen LogP contribution in [0.1, 0.15) is 43.1 Å². The molecular weight excluding hydrogens is 465 g/mol. The summed E-state index contributed by atoms with van der Waals surface area (Å²) >= 11 is 12.6. The van der Waals surface area contributed by atoms with Crippen LogP contribution < -0.4 is 4.74 Å². The van der Waals surface area contributed by atoms with Gasteiger partial charge in [0.05, 0.1) is 24.1 Å². The number of halogens is 2. The third kappa shape index (κ3) is 3.82. The van der Waals surface area contributed by atoms with Crippen LogP contribution in [0.2, 0.25) is 10.0 Å². The van der Waals surface area contributed by atoms with Gasteiger partial charge in [-0.3, -0.25) is 4.79 Å². The molecule has 1 amide bonds. The van der Waals surface area contributed by atoms with Crippen LogP contribution in [0.25, 0.3) is 0 Å². The van der Waals surface area contributed by atoms with Gasteiger partial charge in [0, 0.05) is 27.1 Å². The molecule has 2 aliphatic heterocycles. The highest BCUT2D eigenvalue weighted by atomic mass is 35.5. The maximum atomic E-state index is 12.9. The summed E-state index contributed by atoms with van der Waals surface area (Å²) in [7, 11) is 0. The number of rotatable bonds is 3. The minimum absolute atomic E-state index is 0.108. The predicted octanol–water partition coefficient (Wildman–Crippen LogP) is 4.45. The largest absolute Gasteiger partial charge is 0.485 e. The van der Waals surface area contributed by atoms with E-state index < -0.39 is 17.8 Å². The fourth-order valence-electron chi connectivity index (χ4n) is 4.30. The van der Waals surface area contributed by atoms with Crippen molar-refractivity contribution in [3.8, 4) is 11.8 Å². The molecule has 9 heteroatoms. The quantitative estimate of drug-likeness (QED) is 0.692. The lowest BCUT2D eigenvalue weighted by Gasteiger charge is -2.42. The van der Waals surface area contributed by atoms with Gasteiger partial charge in [-0.15, -0.1) is 5.10 Å². The number of hydrogen-bond donors (Lipinski definition) is 1. The van der Waals surface area contributed by atoms with Gasteiger partial charge in [0.25, 0.3) is 0 Å². The molecule has 7 nitrogen and oxygen atoms in total. The second kappa shape index (κ2) is 7.91. The van der Waals surface area contributed by atoms with Crippen molar-refractivity contribution in [2.75, 3.05) is 0 Å². The maximum Gasteiger partial charge on any atom is 0.247 e. The molecule has 0 radical (unpaired) electrons. The van der Waals surface area contributed by atoms with Crippen molar-refractivity contribution in [2.24, 2.45) is 16.9 Å². The minimum atomic E-state index is -1.03. The fraction of sp³-hybridized carbons (Fsp3) is 0.375. The average molecular weight is 486 g/mol. The van der Waals surface area contributed by atoms with Crippen LogP contribution in [-0.4, -0.2) is 33.6 Å². The van der Waals surface area contributed by atoms with Gasteiger partial charge in [-0.25, -0.2) is 5.01 Å². The number of aliphatic hydroxyl groups excluding tert-OH is 1. The first-order valence-electron chi connectivity index (χ1n) is 10.6. The van der Waals surface area contributed by atoms with Crippen LogP contribution in [0.15, 0.2) is 41.5 Å². The first kappa shape index (κ1) is 22.0. The Balaban J connectivity index is 1.49. The molecule has 0 spiro atoms. The number of nitrogens with zero attached hydrogens (tertiary/aromatic N) is 3. The SMILES string of the molecule is CC1(C)Oc2ccc(C#N)cc2[C@@H](OC2=NN(Cc3c(Cl)cccc3Cl)C(=O)[C@@H]3C[C@H]23)[C@@H]1O. The molecule has 0 saturated heterocycles. The number of aliphatic hydroxyl groups is 1. The van der Waals surface area contributed by atoms with Crippen LogP contribution in [0, 0.1) is 23.2 Å². The standard InChI is InChI=1S/C24H21Cl2N3O4/c1-24(2)21(30)20(15-8-12(10-27)6-7-19(15)33-24)32-22-13-9-14(13)23(31)29(28-22)11-16-17(25)4-3-5-18(16)26/h3-8,13-14,20-21,30H,9,11H2,1-2H3/t13-,14+,20+,21-/m0/s1. The summed E-state index contributed by atoms with van der Waals surface area (Å²) in [5.41, 5.74) is 0.675. The topological polar surface area (TPSA) is 95.2 Å². The highest BCUT2D eigenvalue weighted by molar-refractivity contribution is 6.36. The second-order valence-corrected chi connectivity index (χ2v) is 9.85. The van der Waals surface area contributed by atoms with Gasteiger partial charge in [-0.1, -0.05) is 29.3 Å². The molecule has 2 aromatic rings. The summed E-state index contributed by atoms with van der Waals surface area (Å²) in [6.07, 6.45) is -1.21. The Labute approximate surface area is 201 Å². The lowest BCUT2D eigenvalue weighted by molar-refractivity contribution is -0.135. The van der Waals surface area contributed by atoms with Crippen LogP contribution in [0.4, 0.5) is 0 Å². The number of hydrazone groups is 1. The molecule has 170 valence electrons. The number of ether oxygens (including phenoxy) is 2. The molecule has 1 fully saturated rings. The van der Waals surface area contributed by atoms with Crippen molar-refractivity contribution in [2.45, 2.75) is 44.6 Å². The normalized spacial score (nSPS) is 27.0. The van der Waals surface area contributed by atoms with Crippen molar-refractivity contribution in [3.05, 3.63) is 63.1 Å². The molecule has 5 rings (SSSR count). The van der Waals surface area contributed by atoms with Gasteiger partial charge in [-0.05, 0) is 50.6 Å². The number of amides is 1. The summed E-state index contributed by atoms with van der Waals surface area (Å²) in [6, 6.07) is 12.3. The van der Waals surface area contributed by atoms with Crippen LogP contribution >= 0.6 is 23.2 Å². The number of fused-ring (bicyclic) bond motifs is 2. The van der Waals surface area contributed by atoms with Gasteiger partial charge in [0.1, 0.15) is 17.5 Å². The van der Waals surface area contributed by atoms with E-state index in [1.807, 2.05) is 0 Å². The van der Waals surface area contributed by atoms with Gasteiger partial charge >= 0.3 is 0 Å². The summed E-state index contributed by atoms with van der Waals surface area (Å²) in [5, 5.41) is 27.1. The third-order valence-electron chi connectivity index (χ3n) is 6.33. The van der Waals surface area contributed by atoms with E-state index in [1.54, 1.807) is 50.2 Å². The Morgan fingerprint density at radius 2 is 2.00 bits per heavy atom. The number of hydrogen-bond acceptors (Lipinski definition) is 6. The molecule has 0 aromatic heterocycles. The summed E-state index contributed by atoms with van der Waals surface area (Å²) in [4.78, 5) is 12.9. The van der Waals surface area contributed by atoms with Gasteiger partial charge < -0.3 is 14.6 Å². The van der Waals surface area contributed by atoms with Gasteiger partial charge in [0.2, 0.25) is 11.8 Å². The zero-order valence-corrected chi connectivity index (χ0v) is 19.5. The van der Waals surface area contributed by atoms with E-state index in [1.165, 1.54) is 5.01 Å². The molecule has 0 bridgehead atoms. The molecule has 2 heterocycles. The van der Waals surface area contributed by atoms with Crippen LogP contribution in [0.5, 0.6) is 5.75 Å². The number of benzene rings is 2. The second-order valence-electron chi connectivity index (χ2n) is 9.04. The number of nitriles is 1. The molecule has 0 unspecified atom stereocenters. The number of carbonyl (C=O) groups is 1. The zero-order chi connectivity index (χ0) is 23.5. The van der Waals surface area contributed by atoms with Crippen LogP contribution in [-0.2, 0) is 16.1 Å². The van der Waals surface area contributed by atoms with E-state index >= 15 is 0 Å². The van der Waals surface area contributed by atoms with Crippen molar-refractivity contribution in [3.63, 3.8) is 0 Å². The van der Waals surface area contributed by atoms with Crippen molar-refractivity contribution in [1.82, 2.24) is 5.01 Å². The Bertz CT molecular complexity index is 1200. The molecule has 2 aromatic carbocycles. The molecule has 1 saturated carbocycles. The third-order valence-corrected chi connectivity index (χ3v) is 7.04. The summed E-state index contributed by atoms with van der Waals surface area (Å²) in [5.74, 6) is 0.430. The fourth-order valence-corrected chi connectivity index (χ4v) is 4.82.